The Labute approximate surface area is 228 Å². The number of fused-ring (bicyclic) bond motifs is 5. The molecule has 3 aromatic rings. The molecule has 1 N–H and O–H groups in total. The van der Waals surface area contributed by atoms with Crippen molar-refractivity contribution in [1.29, 1.82) is 0 Å². The van der Waals surface area contributed by atoms with Crippen LogP contribution in [-0.2, 0) is 23.1 Å². The number of rotatable bonds is 4. The van der Waals surface area contributed by atoms with E-state index in [1.165, 1.54) is 6.08 Å². The number of allylic oxidation sites excluding steroid dienone is 1. The van der Waals surface area contributed by atoms with Crippen LogP contribution >= 0.6 is 0 Å². The Morgan fingerprint density at radius 1 is 1.05 bits per heavy atom. The van der Waals surface area contributed by atoms with Gasteiger partial charge in [0.05, 0.1) is 11.5 Å². The number of nitrogens with one attached hydrogen (secondary N) is 1. The summed E-state index contributed by atoms with van der Waals surface area (Å²) in [5.74, 6) is -2.62. The molecule has 9 nitrogen and oxygen atoms in total. The monoisotopic (exact) mass is 583 g/mol. The smallest absolute Gasteiger partial charge is 0.415 e. The first-order chi connectivity index (χ1) is 19.3. The van der Waals surface area contributed by atoms with Crippen LogP contribution in [0.4, 0.5) is 37.8 Å². The van der Waals surface area contributed by atoms with Crippen molar-refractivity contribution in [3.63, 3.8) is 0 Å². The topological polar surface area (TPSA) is 116 Å². The van der Waals surface area contributed by atoms with E-state index in [9.17, 15) is 36.5 Å². The fourth-order valence-corrected chi connectivity index (χ4v) is 4.91. The molecule has 1 saturated carbocycles. The van der Waals surface area contributed by atoms with E-state index >= 15 is 0 Å². The quantitative estimate of drug-likeness (QED) is 0.150. The minimum atomic E-state index is -5.09. The summed E-state index contributed by atoms with van der Waals surface area (Å²) in [7, 11) is 0. The van der Waals surface area contributed by atoms with Crippen LogP contribution in [0.1, 0.15) is 55.5 Å². The highest BCUT2D eigenvalue weighted by atomic mass is 19.4. The zero-order valence-corrected chi connectivity index (χ0v) is 21.3. The van der Waals surface area contributed by atoms with Crippen LogP contribution in [0.25, 0.3) is 11.6 Å². The molecule has 2 aromatic heterocycles. The summed E-state index contributed by atoms with van der Waals surface area (Å²) in [4.78, 5) is 14.5. The minimum Gasteiger partial charge on any atom is -0.415 e. The van der Waals surface area contributed by atoms with Crippen molar-refractivity contribution in [2.75, 3.05) is 5.32 Å². The second kappa shape index (κ2) is 10.4. The van der Waals surface area contributed by atoms with Gasteiger partial charge in [-0.3, -0.25) is 10.1 Å². The molecule has 218 valence electrons. The Morgan fingerprint density at radius 3 is 2.39 bits per heavy atom. The summed E-state index contributed by atoms with van der Waals surface area (Å²) in [6.45, 7) is -0.488. The van der Waals surface area contributed by atoms with E-state index in [1.807, 2.05) is 0 Å². The van der Waals surface area contributed by atoms with Crippen molar-refractivity contribution >= 4 is 11.5 Å². The fourth-order valence-electron chi connectivity index (χ4n) is 4.91. The molecule has 0 unspecified atom stereocenters. The zero-order chi connectivity index (χ0) is 29.5. The molecule has 4 bridgehead atoms. The van der Waals surface area contributed by atoms with Gasteiger partial charge in [0.15, 0.2) is 0 Å². The summed E-state index contributed by atoms with van der Waals surface area (Å²) in [5.41, 5.74) is -6.93. The van der Waals surface area contributed by atoms with E-state index in [0.29, 0.717) is 24.8 Å². The first-order valence-electron chi connectivity index (χ1n) is 12.6. The van der Waals surface area contributed by atoms with Crippen LogP contribution in [0, 0.1) is 10.1 Å². The highest BCUT2D eigenvalue weighted by molar-refractivity contribution is 5.68. The molecule has 5 rings (SSSR count). The molecule has 0 amide bonds. The van der Waals surface area contributed by atoms with E-state index in [2.05, 4.69) is 20.5 Å². The minimum absolute atomic E-state index is 0.153. The van der Waals surface area contributed by atoms with Crippen LogP contribution in [-0.4, -0.2) is 31.8 Å². The number of hydrogen-bond acceptors (Lipinski definition) is 8. The molecule has 1 aromatic carbocycles. The summed E-state index contributed by atoms with van der Waals surface area (Å²) in [5, 5.41) is 21.7. The molecule has 1 fully saturated rings. The van der Waals surface area contributed by atoms with Crippen LogP contribution < -0.4 is 5.32 Å². The van der Waals surface area contributed by atoms with Crippen LogP contribution in [0.5, 0.6) is 0 Å². The van der Waals surface area contributed by atoms with Crippen molar-refractivity contribution in [2.45, 2.75) is 68.6 Å². The highest BCUT2D eigenvalue weighted by Crippen LogP contribution is 2.48. The maximum absolute atomic E-state index is 14.8. The third kappa shape index (κ3) is 5.49. The Balaban J connectivity index is 1.69. The number of pyridine rings is 1. The van der Waals surface area contributed by atoms with Gasteiger partial charge in [-0.15, -0.1) is 10.2 Å². The molecule has 1 atom stereocenters. The number of benzene rings is 1. The van der Waals surface area contributed by atoms with Crippen LogP contribution in [0.3, 0.4) is 0 Å². The molecule has 3 heterocycles. The molecule has 15 heteroatoms. The first kappa shape index (κ1) is 28.5. The van der Waals surface area contributed by atoms with E-state index in [-0.39, 0.29) is 18.9 Å². The van der Waals surface area contributed by atoms with Crippen molar-refractivity contribution in [3.8, 4) is 11.6 Å². The van der Waals surface area contributed by atoms with E-state index in [4.69, 9.17) is 9.15 Å². The number of nitro groups is 1. The first-order valence-corrected chi connectivity index (χ1v) is 12.6. The Morgan fingerprint density at radius 2 is 1.78 bits per heavy atom. The van der Waals surface area contributed by atoms with E-state index < -0.39 is 76.0 Å². The second-order valence-electron chi connectivity index (χ2n) is 9.99. The molecule has 0 radical (unpaired) electrons. The lowest BCUT2D eigenvalue weighted by molar-refractivity contribution is -0.384. The lowest BCUT2D eigenvalue weighted by Gasteiger charge is -2.43. The molecule has 0 saturated heterocycles. The van der Waals surface area contributed by atoms with E-state index in [1.54, 1.807) is 36.4 Å². The summed E-state index contributed by atoms with van der Waals surface area (Å²) in [6.07, 6.45) is -6.04. The van der Waals surface area contributed by atoms with Gasteiger partial charge in [0.2, 0.25) is 11.3 Å². The lowest BCUT2D eigenvalue weighted by atomic mass is 9.74. The maximum Gasteiger partial charge on any atom is 0.426 e. The number of aromatic nitrogens is 3. The number of anilines is 1. The molecular formula is C26H23F6N5O4. The Bertz CT molecular complexity index is 1450. The van der Waals surface area contributed by atoms with Crippen LogP contribution in [0.2, 0.25) is 0 Å². The standard InChI is InChI=1S/C26H23F6N5O4/c27-25(28,29)17-14-18(37(38)39)19-21-35-36-22(41-21)24(26(30,31)32,40-15-16-8-3-1-4-9-16)13-6-2-5-10-23(11-7-12-23)34-20(17)33-19/h1-5,8-9,14H,6-7,10-13,15H2,(H,33,34)/b5-2-/t24-/m1/s1. The molecular weight excluding hydrogens is 560 g/mol. The number of nitrogens with zero attached hydrogens (tertiary/aromatic N) is 4. The van der Waals surface area contributed by atoms with Gasteiger partial charge in [0.25, 0.3) is 11.8 Å². The molecule has 1 aliphatic heterocycles. The third-order valence-electron chi connectivity index (χ3n) is 7.30. The number of hydrogen-bond donors (Lipinski definition) is 1. The second-order valence-corrected chi connectivity index (χ2v) is 9.99. The average Bonchev–Trinajstić information content (AvgIpc) is 3.37. The summed E-state index contributed by atoms with van der Waals surface area (Å²) >= 11 is 0. The van der Waals surface area contributed by atoms with Gasteiger partial charge in [-0.25, -0.2) is 4.98 Å². The van der Waals surface area contributed by atoms with Gasteiger partial charge in [0.1, 0.15) is 11.4 Å². The van der Waals surface area contributed by atoms with Gasteiger partial charge in [0, 0.05) is 11.6 Å². The zero-order valence-electron chi connectivity index (χ0n) is 21.3. The van der Waals surface area contributed by atoms with Crippen molar-refractivity contribution in [1.82, 2.24) is 15.2 Å². The van der Waals surface area contributed by atoms with Crippen LogP contribution in [0.15, 0.2) is 53.0 Å². The Hall–Kier alpha value is -4.01. The molecule has 1 spiro atoms. The third-order valence-corrected chi connectivity index (χ3v) is 7.30. The number of alkyl halides is 6. The van der Waals surface area contributed by atoms with Crippen molar-refractivity contribution in [3.05, 3.63) is 75.7 Å². The molecule has 41 heavy (non-hydrogen) atoms. The molecule has 1 aliphatic carbocycles. The summed E-state index contributed by atoms with van der Waals surface area (Å²) < 4.78 is 97.2. The van der Waals surface area contributed by atoms with Crippen molar-refractivity contribution < 1.29 is 40.4 Å². The Kier molecular flexibility index (Phi) is 7.26. The summed E-state index contributed by atoms with van der Waals surface area (Å²) in [6, 6.07) is 8.32. The number of ether oxygens (including phenoxy) is 1. The van der Waals surface area contributed by atoms with Gasteiger partial charge in [-0.1, -0.05) is 42.5 Å². The maximum atomic E-state index is 14.8. The van der Waals surface area contributed by atoms with Gasteiger partial charge in [-0.05, 0) is 44.1 Å². The van der Waals surface area contributed by atoms with Gasteiger partial charge < -0.3 is 14.5 Å². The van der Waals surface area contributed by atoms with Gasteiger partial charge in [-0.2, -0.15) is 26.3 Å². The largest absolute Gasteiger partial charge is 0.426 e. The van der Waals surface area contributed by atoms with Crippen molar-refractivity contribution in [2.24, 2.45) is 0 Å². The fraction of sp³-hybridized carbons (Fsp3) is 0.423. The lowest BCUT2D eigenvalue weighted by Crippen LogP contribution is -2.45. The van der Waals surface area contributed by atoms with Gasteiger partial charge >= 0.3 is 18.0 Å². The predicted octanol–water partition coefficient (Wildman–Crippen LogP) is 7.11. The highest BCUT2D eigenvalue weighted by Gasteiger charge is 2.61. The predicted molar refractivity (Wildman–Crippen MR) is 131 cm³/mol. The SMILES string of the molecule is O=[N+]([O-])c1cc(C(F)(F)F)c2nc1-c1nnc(o1)[C@@](OCc1ccccc1)(C(F)(F)F)CC/C=C\CC1(CCC1)N2. The average molecular weight is 583 g/mol. The number of halogens is 6. The van der Waals surface area contributed by atoms with E-state index in [0.717, 1.165) is 0 Å². The normalized spacial score (nSPS) is 21.4. The molecule has 2 aliphatic rings.